The zero-order chi connectivity index (χ0) is 22.2. The zero-order valence-electron chi connectivity index (χ0n) is 18.3. The van der Waals surface area contributed by atoms with Crippen molar-refractivity contribution in [2.75, 3.05) is 73.2 Å². The number of carbonyl (C=O) groups is 2. The normalized spacial score (nSPS) is 19.6. The molecule has 1 atom stereocenters. The first-order chi connectivity index (χ1) is 15.0. The molecule has 2 aliphatic rings. The lowest BCUT2D eigenvalue weighted by molar-refractivity contribution is -0.0352. The van der Waals surface area contributed by atoms with Gasteiger partial charge < -0.3 is 29.3 Å². The summed E-state index contributed by atoms with van der Waals surface area (Å²) in [5, 5.41) is 2.81. The highest BCUT2D eigenvalue weighted by molar-refractivity contribution is 5.97. The first-order valence-electron chi connectivity index (χ1n) is 10.5. The smallest absolute Gasteiger partial charge is 0.317 e. The summed E-state index contributed by atoms with van der Waals surface area (Å²) in [4.78, 5) is 31.1. The summed E-state index contributed by atoms with van der Waals surface area (Å²) in [6, 6.07) is 5.15. The summed E-state index contributed by atoms with van der Waals surface area (Å²) in [5.74, 6) is 1.12. The number of carbonyl (C=O) groups excluding carboxylic acids is 2. The van der Waals surface area contributed by atoms with Crippen molar-refractivity contribution in [3.63, 3.8) is 0 Å². The number of ether oxygens (including phenoxy) is 3. The lowest BCUT2D eigenvalue weighted by Crippen LogP contribution is -2.55. The van der Waals surface area contributed by atoms with Gasteiger partial charge in [-0.15, -0.1) is 6.58 Å². The van der Waals surface area contributed by atoms with E-state index < -0.39 is 0 Å². The number of nitrogens with one attached hydrogen (secondary N) is 1. The van der Waals surface area contributed by atoms with Gasteiger partial charge in [0.2, 0.25) is 0 Å². The van der Waals surface area contributed by atoms with Gasteiger partial charge in [0.1, 0.15) is 11.5 Å². The average molecular weight is 433 g/mol. The van der Waals surface area contributed by atoms with Crippen molar-refractivity contribution in [3.05, 3.63) is 36.4 Å². The first-order valence-corrected chi connectivity index (χ1v) is 10.5. The standard InChI is InChI=1S/C22H32N4O5/c1-4-7-23-22(28)26-12-13-31-18(16-26)15-24-8-10-25(11-9-24)21(27)19-6-5-17(29-2)14-20(19)30-3/h4-6,14,18H,1,7-13,15-16H2,2-3H3,(H,23,28). The molecule has 9 nitrogen and oxygen atoms in total. The van der Waals surface area contributed by atoms with Crippen molar-refractivity contribution in [3.8, 4) is 11.5 Å². The van der Waals surface area contributed by atoms with Crippen molar-refractivity contribution in [1.82, 2.24) is 20.0 Å². The number of nitrogens with zero attached hydrogens (tertiary/aromatic N) is 3. The summed E-state index contributed by atoms with van der Waals surface area (Å²) >= 11 is 0. The summed E-state index contributed by atoms with van der Waals surface area (Å²) in [5.41, 5.74) is 0.536. The van der Waals surface area contributed by atoms with Gasteiger partial charge in [-0.05, 0) is 12.1 Å². The van der Waals surface area contributed by atoms with E-state index in [1.165, 1.54) is 0 Å². The molecular formula is C22H32N4O5. The van der Waals surface area contributed by atoms with Gasteiger partial charge in [-0.25, -0.2) is 4.79 Å². The fourth-order valence-corrected chi connectivity index (χ4v) is 3.85. The molecule has 0 aliphatic carbocycles. The van der Waals surface area contributed by atoms with Crippen LogP contribution in [0.1, 0.15) is 10.4 Å². The molecule has 0 spiro atoms. The molecule has 170 valence electrons. The molecule has 0 bridgehead atoms. The van der Waals surface area contributed by atoms with Crippen LogP contribution < -0.4 is 14.8 Å². The molecule has 1 unspecified atom stereocenters. The van der Waals surface area contributed by atoms with Crippen LogP contribution in [0.15, 0.2) is 30.9 Å². The van der Waals surface area contributed by atoms with Crippen LogP contribution in [0, 0.1) is 0 Å². The Kier molecular flexibility index (Phi) is 8.13. The number of morpholine rings is 1. The minimum absolute atomic E-state index is 0.0350. The molecule has 0 radical (unpaired) electrons. The van der Waals surface area contributed by atoms with Crippen molar-refractivity contribution in [1.29, 1.82) is 0 Å². The number of hydrogen-bond donors (Lipinski definition) is 1. The van der Waals surface area contributed by atoms with E-state index in [-0.39, 0.29) is 18.0 Å². The summed E-state index contributed by atoms with van der Waals surface area (Å²) in [6.45, 7) is 9.26. The van der Waals surface area contributed by atoms with Crippen molar-refractivity contribution >= 4 is 11.9 Å². The van der Waals surface area contributed by atoms with Gasteiger partial charge in [0.15, 0.2) is 0 Å². The van der Waals surface area contributed by atoms with Crippen LogP contribution in [0.5, 0.6) is 11.5 Å². The molecule has 2 fully saturated rings. The monoisotopic (exact) mass is 432 g/mol. The zero-order valence-corrected chi connectivity index (χ0v) is 18.3. The number of piperazine rings is 1. The highest BCUT2D eigenvalue weighted by Crippen LogP contribution is 2.26. The van der Waals surface area contributed by atoms with Gasteiger partial charge in [0.05, 0.1) is 32.5 Å². The van der Waals surface area contributed by atoms with Gasteiger partial charge in [-0.1, -0.05) is 6.08 Å². The molecule has 3 amide bonds. The fourth-order valence-electron chi connectivity index (χ4n) is 3.85. The minimum Gasteiger partial charge on any atom is -0.497 e. The molecule has 1 N–H and O–H groups in total. The number of amides is 3. The van der Waals surface area contributed by atoms with Crippen LogP contribution >= 0.6 is 0 Å². The van der Waals surface area contributed by atoms with Crippen LogP contribution in [0.3, 0.4) is 0 Å². The Labute approximate surface area is 183 Å². The molecule has 3 rings (SSSR count). The predicted molar refractivity (Wildman–Crippen MR) is 117 cm³/mol. The van der Waals surface area contributed by atoms with Crippen LogP contribution in [-0.4, -0.2) is 106 Å². The molecule has 2 heterocycles. The van der Waals surface area contributed by atoms with Crippen LogP contribution in [0.2, 0.25) is 0 Å². The molecule has 1 aromatic rings. The van der Waals surface area contributed by atoms with E-state index >= 15 is 0 Å². The molecule has 0 saturated carbocycles. The van der Waals surface area contributed by atoms with Gasteiger partial charge in [-0.3, -0.25) is 9.69 Å². The van der Waals surface area contributed by atoms with Gasteiger partial charge in [-0.2, -0.15) is 0 Å². The third kappa shape index (κ3) is 5.89. The highest BCUT2D eigenvalue weighted by Gasteiger charge is 2.29. The van der Waals surface area contributed by atoms with Crippen molar-refractivity contribution < 1.29 is 23.8 Å². The first kappa shape index (κ1) is 22.9. The van der Waals surface area contributed by atoms with Gasteiger partial charge in [0, 0.05) is 58.4 Å². The van der Waals surface area contributed by atoms with Crippen LogP contribution in [0.4, 0.5) is 4.79 Å². The Bertz CT molecular complexity index is 779. The second kappa shape index (κ2) is 11.0. The number of hydrogen-bond acceptors (Lipinski definition) is 6. The second-order valence-corrected chi connectivity index (χ2v) is 7.57. The van der Waals surface area contributed by atoms with E-state index in [1.54, 1.807) is 43.4 Å². The van der Waals surface area contributed by atoms with Crippen molar-refractivity contribution in [2.24, 2.45) is 0 Å². The second-order valence-electron chi connectivity index (χ2n) is 7.57. The molecular weight excluding hydrogens is 400 g/mol. The third-order valence-electron chi connectivity index (χ3n) is 5.58. The molecule has 1 aromatic carbocycles. The number of urea groups is 1. The van der Waals surface area contributed by atoms with Crippen LogP contribution in [-0.2, 0) is 4.74 Å². The Morgan fingerprint density at radius 2 is 1.94 bits per heavy atom. The fraction of sp³-hybridized carbons (Fsp3) is 0.545. The topological polar surface area (TPSA) is 83.6 Å². The Hall–Kier alpha value is -2.78. The van der Waals surface area contributed by atoms with E-state index in [4.69, 9.17) is 14.2 Å². The number of benzene rings is 1. The van der Waals surface area contributed by atoms with E-state index in [0.29, 0.717) is 56.4 Å². The number of methoxy groups -OCH3 is 2. The van der Waals surface area contributed by atoms with E-state index in [9.17, 15) is 9.59 Å². The highest BCUT2D eigenvalue weighted by atomic mass is 16.5. The van der Waals surface area contributed by atoms with Gasteiger partial charge in [0.25, 0.3) is 5.91 Å². The average Bonchev–Trinajstić information content (AvgIpc) is 2.82. The molecule has 2 saturated heterocycles. The maximum Gasteiger partial charge on any atom is 0.317 e. The summed E-state index contributed by atoms with van der Waals surface area (Å²) < 4.78 is 16.5. The summed E-state index contributed by atoms with van der Waals surface area (Å²) in [7, 11) is 3.13. The lowest BCUT2D eigenvalue weighted by atomic mass is 10.1. The maximum atomic E-state index is 13.0. The number of rotatable bonds is 7. The van der Waals surface area contributed by atoms with Crippen LogP contribution in [0.25, 0.3) is 0 Å². The predicted octanol–water partition coefficient (Wildman–Crippen LogP) is 1.06. The Morgan fingerprint density at radius 1 is 1.16 bits per heavy atom. The maximum absolute atomic E-state index is 13.0. The van der Waals surface area contributed by atoms with Gasteiger partial charge >= 0.3 is 6.03 Å². The quantitative estimate of drug-likeness (QED) is 0.649. The molecule has 31 heavy (non-hydrogen) atoms. The minimum atomic E-state index is -0.0861. The Morgan fingerprint density at radius 3 is 2.61 bits per heavy atom. The van der Waals surface area contributed by atoms with E-state index in [2.05, 4.69) is 16.8 Å². The Balaban J connectivity index is 1.50. The van der Waals surface area contributed by atoms with E-state index in [1.807, 2.05) is 4.90 Å². The SMILES string of the molecule is C=CCNC(=O)N1CCOC(CN2CCN(C(=O)c3ccc(OC)cc3OC)CC2)C1. The molecule has 2 aliphatic heterocycles. The van der Waals surface area contributed by atoms with Crippen molar-refractivity contribution in [2.45, 2.75) is 6.10 Å². The molecule has 0 aromatic heterocycles. The summed E-state index contributed by atoms with van der Waals surface area (Å²) in [6.07, 6.45) is 1.63. The molecule has 9 heteroatoms. The lowest BCUT2D eigenvalue weighted by Gasteiger charge is -2.39. The largest absolute Gasteiger partial charge is 0.497 e. The third-order valence-corrected chi connectivity index (χ3v) is 5.58. The van der Waals surface area contributed by atoms with E-state index in [0.717, 1.165) is 19.6 Å².